The molecule has 2 N–H and O–H groups in total. The first kappa shape index (κ1) is 18.5. The van der Waals surface area contributed by atoms with Crippen molar-refractivity contribution < 1.29 is 14.3 Å². The maximum absolute atomic E-state index is 12.5. The first-order chi connectivity index (χ1) is 11.8. The zero-order valence-electron chi connectivity index (χ0n) is 15.3. The van der Waals surface area contributed by atoms with E-state index in [-0.39, 0.29) is 11.9 Å². The van der Waals surface area contributed by atoms with Crippen LogP contribution in [0.1, 0.15) is 34.0 Å². The summed E-state index contributed by atoms with van der Waals surface area (Å²) >= 11 is 0. The van der Waals surface area contributed by atoms with Gasteiger partial charge in [0.05, 0.1) is 12.7 Å². The normalized spacial score (nSPS) is 11.6. The lowest BCUT2D eigenvalue weighted by Crippen LogP contribution is -2.32. The number of esters is 1. The van der Waals surface area contributed by atoms with Crippen LogP contribution in [0.4, 0.5) is 11.4 Å². The van der Waals surface area contributed by atoms with Gasteiger partial charge in [-0.2, -0.15) is 0 Å². The summed E-state index contributed by atoms with van der Waals surface area (Å²) in [4.78, 5) is 23.9. The number of rotatable bonds is 5. The number of methoxy groups -OCH3 is 1. The van der Waals surface area contributed by atoms with Crippen LogP contribution in [0, 0.1) is 20.8 Å². The summed E-state index contributed by atoms with van der Waals surface area (Å²) in [5.74, 6) is -0.505. The highest BCUT2D eigenvalue weighted by Crippen LogP contribution is 2.22. The smallest absolute Gasteiger partial charge is 0.337 e. The number of benzene rings is 2. The second-order valence-electron chi connectivity index (χ2n) is 6.20. The molecule has 0 heterocycles. The Bertz CT molecular complexity index is 759. The number of hydrogen-bond acceptors (Lipinski definition) is 4. The van der Waals surface area contributed by atoms with Crippen molar-refractivity contribution in [2.45, 2.75) is 33.7 Å². The van der Waals surface area contributed by atoms with Gasteiger partial charge in [-0.05, 0) is 63.1 Å². The van der Waals surface area contributed by atoms with Gasteiger partial charge in [-0.25, -0.2) is 4.79 Å². The first-order valence-electron chi connectivity index (χ1n) is 8.15. The molecule has 2 aromatic carbocycles. The molecule has 0 saturated heterocycles. The van der Waals surface area contributed by atoms with Crippen molar-refractivity contribution in [1.29, 1.82) is 0 Å². The molecule has 0 spiro atoms. The van der Waals surface area contributed by atoms with Crippen LogP contribution in [0.3, 0.4) is 0 Å². The highest BCUT2D eigenvalue weighted by molar-refractivity contribution is 5.97. The molecule has 1 atom stereocenters. The standard InChI is InChI=1S/C20H24N2O3/c1-12-10-13(2)18(14(3)11-12)22-19(23)15(4)21-17-8-6-16(7-9-17)20(24)25-5/h6-11,15,21H,1-5H3,(H,22,23)/t15-/m1/s1. The molecular formula is C20H24N2O3. The van der Waals surface area contributed by atoms with Crippen molar-refractivity contribution >= 4 is 23.3 Å². The molecule has 5 heteroatoms. The van der Waals surface area contributed by atoms with Crippen LogP contribution >= 0.6 is 0 Å². The molecule has 2 aromatic rings. The number of anilines is 2. The number of aryl methyl sites for hydroxylation is 3. The molecule has 0 unspecified atom stereocenters. The van der Waals surface area contributed by atoms with Crippen LogP contribution in [0.5, 0.6) is 0 Å². The monoisotopic (exact) mass is 340 g/mol. The van der Waals surface area contributed by atoms with Gasteiger partial charge in [-0.1, -0.05) is 17.7 Å². The van der Waals surface area contributed by atoms with Crippen molar-refractivity contribution in [1.82, 2.24) is 0 Å². The molecule has 0 fully saturated rings. The Morgan fingerprint density at radius 3 is 2.08 bits per heavy atom. The van der Waals surface area contributed by atoms with Crippen molar-refractivity contribution in [2.75, 3.05) is 17.7 Å². The summed E-state index contributed by atoms with van der Waals surface area (Å²) in [5, 5.41) is 6.12. The molecule has 132 valence electrons. The summed E-state index contributed by atoms with van der Waals surface area (Å²) in [6.45, 7) is 7.80. The second kappa shape index (κ2) is 7.83. The van der Waals surface area contributed by atoms with Gasteiger partial charge in [0, 0.05) is 11.4 Å². The van der Waals surface area contributed by atoms with E-state index in [0.717, 1.165) is 22.5 Å². The molecule has 0 radical (unpaired) electrons. The number of carbonyl (C=O) groups excluding carboxylic acids is 2. The topological polar surface area (TPSA) is 67.4 Å². The van der Waals surface area contributed by atoms with Crippen molar-refractivity contribution in [2.24, 2.45) is 0 Å². The lowest BCUT2D eigenvalue weighted by atomic mass is 10.0. The Balaban J connectivity index is 2.04. The molecular weight excluding hydrogens is 316 g/mol. The maximum Gasteiger partial charge on any atom is 0.337 e. The van der Waals surface area contributed by atoms with Gasteiger partial charge in [0.25, 0.3) is 0 Å². The summed E-state index contributed by atoms with van der Waals surface area (Å²) in [6, 6.07) is 10.5. The second-order valence-corrected chi connectivity index (χ2v) is 6.20. The van der Waals surface area contributed by atoms with Crippen molar-refractivity contribution in [3.63, 3.8) is 0 Å². The van der Waals surface area contributed by atoms with Crippen molar-refractivity contribution in [3.05, 3.63) is 58.7 Å². The van der Waals surface area contributed by atoms with Gasteiger partial charge in [-0.3, -0.25) is 4.79 Å². The fourth-order valence-electron chi connectivity index (χ4n) is 2.74. The van der Waals surface area contributed by atoms with Gasteiger partial charge in [-0.15, -0.1) is 0 Å². The Kier molecular flexibility index (Phi) is 5.80. The number of nitrogens with one attached hydrogen (secondary N) is 2. The highest BCUT2D eigenvalue weighted by atomic mass is 16.5. The number of ether oxygens (including phenoxy) is 1. The van der Waals surface area contributed by atoms with Crippen LogP contribution in [0.25, 0.3) is 0 Å². The number of carbonyl (C=O) groups is 2. The van der Waals surface area contributed by atoms with Crippen LogP contribution < -0.4 is 10.6 Å². The first-order valence-corrected chi connectivity index (χ1v) is 8.15. The molecule has 0 aliphatic rings. The molecule has 25 heavy (non-hydrogen) atoms. The minimum Gasteiger partial charge on any atom is -0.465 e. The predicted molar refractivity (Wildman–Crippen MR) is 100 cm³/mol. The average molecular weight is 340 g/mol. The molecule has 0 bridgehead atoms. The lowest BCUT2D eigenvalue weighted by Gasteiger charge is -2.18. The van der Waals surface area contributed by atoms with Crippen LogP contribution in [-0.4, -0.2) is 25.0 Å². The van der Waals surface area contributed by atoms with E-state index >= 15 is 0 Å². The molecule has 0 aliphatic heterocycles. The lowest BCUT2D eigenvalue weighted by molar-refractivity contribution is -0.116. The van der Waals surface area contributed by atoms with E-state index in [1.54, 1.807) is 31.2 Å². The average Bonchev–Trinajstić information content (AvgIpc) is 2.57. The number of amides is 1. The molecule has 1 amide bonds. The third-order valence-electron chi connectivity index (χ3n) is 4.01. The predicted octanol–water partition coefficient (Wildman–Crippen LogP) is 3.84. The molecule has 0 saturated carbocycles. The van der Waals surface area contributed by atoms with Crippen LogP contribution in [-0.2, 0) is 9.53 Å². The largest absolute Gasteiger partial charge is 0.465 e. The zero-order valence-corrected chi connectivity index (χ0v) is 15.3. The summed E-state index contributed by atoms with van der Waals surface area (Å²) in [6.07, 6.45) is 0. The van der Waals surface area contributed by atoms with E-state index in [0.29, 0.717) is 5.56 Å². The quantitative estimate of drug-likeness (QED) is 0.812. The van der Waals surface area contributed by atoms with E-state index in [2.05, 4.69) is 15.4 Å². The molecule has 0 aromatic heterocycles. The van der Waals surface area contributed by atoms with Gasteiger partial charge >= 0.3 is 5.97 Å². The fourth-order valence-corrected chi connectivity index (χ4v) is 2.74. The van der Waals surface area contributed by atoms with E-state index in [9.17, 15) is 9.59 Å². The number of hydrogen-bond donors (Lipinski definition) is 2. The van der Waals surface area contributed by atoms with E-state index in [1.165, 1.54) is 12.7 Å². The van der Waals surface area contributed by atoms with Crippen molar-refractivity contribution in [3.8, 4) is 0 Å². The third kappa shape index (κ3) is 4.59. The Labute approximate surface area is 148 Å². The molecule has 0 aliphatic carbocycles. The highest BCUT2D eigenvalue weighted by Gasteiger charge is 2.15. The summed E-state index contributed by atoms with van der Waals surface area (Å²) in [5.41, 5.74) is 5.33. The zero-order chi connectivity index (χ0) is 18.6. The van der Waals surface area contributed by atoms with Gasteiger partial charge in [0.1, 0.15) is 6.04 Å². The van der Waals surface area contributed by atoms with Crippen LogP contribution in [0.2, 0.25) is 0 Å². The molecule has 5 nitrogen and oxygen atoms in total. The Hall–Kier alpha value is -2.82. The molecule has 2 rings (SSSR count). The Morgan fingerprint density at radius 1 is 1.00 bits per heavy atom. The van der Waals surface area contributed by atoms with Crippen LogP contribution in [0.15, 0.2) is 36.4 Å². The minimum absolute atomic E-state index is 0.118. The SMILES string of the molecule is COC(=O)c1ccc(N[C@H](C)C(=O)Nc2c(C)cc(C)cc2C)cc1. The van der Waals surface area contributed by atoms with E-state index in [1.807, 2.05) is 32.9 Å². The minimum atomic E-state index is -0.427. The summed E-state index contributed by atoms with van der Waals surface area (Å²) in [7, 11) is 1.34. The fraction of sp³-hybridized carbons (Fsp3) is 0.300. The van der Waals surface area contributed by atoms with Gasteiger partial charge in [0.2, 0.25) is 5.91 Å². The Morgan fingerprint density at radius 2 is 1.56 bits per heavy atom. The van der Waals surface area contributed by atoms with E-state index < -0.39 is 6.04 Å². The summed E-state index contributed by atoms with van der Waals surface area (Å²) < 4.78 is 4.67. The van der Waals surface area contributed by atoms with Gasteiger partial charge in [0.15, 0.2) is 0 Å². The van der Waals surface area contributed by atoms with E-state index in [4.69, 9.17) is 0 Å². The maximum atomic E-state index is 12.5. The van der Waals surface area contributed by atoms with Gasteiger partial charge < -0.3 is 15.4 Å². The third-order valence-corrected chi connectivity index (χ3v) is 4.01.